The molecule has 3 aromatic heterocycles. The van der Waals surface area contributed by atoms with Crippen LogP contribution in [0.3, 0.4) is 0 Å². The van der Waals surface area contributed by atoms with E-state index in [0.717, 1.165) is 56.1 Å². The molecule has 170 valence electrons. The van der Waals surface area contributed by atoms with Gasteiger partial charge in [-0.05, 0) is 47.0 Å². The zero-order valence-electron chi connectivity index (χ0n) is 19.0. The molecule has 0 amide bonds. The lowest BCUT2D eigenvalue weighted by Gasteiger charge is -2.34. The maximum atomic E-state index is 4.74. The standard InChI is InChI=1S/C28H27N5S/c1-2-6-25-24(5-1)30-28(31-25)27-12-11-26(34-27)23-9-7-21(8-10-23)19-32-14-16-33(17-15-32)20-22-4-3-13-29-18-22/h1-13,18H,14-17,19-20H2,(H,30,31). The van der Waals surface area contributed by atoms with E-state index in [1.165, 1.54) is 26.4 Å². The predicted molar refractivity (Wildman–Crippen MR) is 140 cm³/mol. The molecule has 2 aromatic carbocycles. The van der Waals surface area contributed by atoms with Crippen molar-refractivity contribution < 1.29 is 0 Å². The molecule has 1 saturated heterocycles. The van der Waals surface area contributed by atoms with Crippen LogP contribution in [-0.2, 0) is 13.1 Å². The summed E-state index contributed by atoms with van der Waals surface area (Å²) in [7, 11) is 0. The molecule has 5 nitrogen and oxygen atoms in total. The number of thiophene rings is 1. The molecule has 0 saturated carbocycles. The molecule has 5 aromatic rings. The summed E-state index contributed by atoms with van der Waals surface area (Å²) in [6.07, 6.45) is 3.81. The number of benzene rings is 2. The van der Waals surface area contributed by atoms with Crippen molar-refractivity contribution >= 4 is 22.4 Å². The van der Waals surface area contributed by atoms with Gasteiger partial charge in [-0.15, -0.1) is 11.3 Å². The summed E-state index contributed by atoms with van der Waals surface area (Å²) in [4.78, 5) is 19.9. The number of aromatic nitrogens is 3. The number of hydrogen-bond donors (Lipinski definition) is 1. The number of pyridine rings is 1. The molecule has 1 N–H and O–H groups in total. The highest BCUT2D eigenvalue weighted by atomic mass is 32.1. The zero-order valence-corrected chi connectivity index (χ0v) is 19.8. The third-order valence-corrected chi connectivity index (χ3v) is 7.61. The van der Waals surface area contributed by atoms with Crippen molar-refractivity contribution in [3.8, 4) is 21.1 Å². The van der Waals surface area contributed by atoms with Gasteiger partial charge >= 0.3 is 0 Å². The molecule has 0 radical (unpaired) electrons. The van der Waals surface area contributed by atoms with Gasteiger partial charge in [-0.3, -0.25) is 14.8 Å². The molecule has 6 heteroatoms. The van der Waals surface area contributed by atoms with Gasteiger partial charge in [-0.25, -0.2) is 4.98 Å². The van der Waals surface area contributed by atoms with Gasteiger partial charge < -0.3 is 4.98 Å². The molecule has 0 bridgehead atoms. The van der Waals surface area contributed by atoms with Gasteiger partial charge in [-0.2, -0.15) is 0 Å². The number of rotatable bonds is 6. The Morgan fingerprint density at radius 2 is 1.47 bits per heavy atom. The van der Waals surface area contributed by atoms with E-state index in [4.69, 9.17) is 4.98 Å². The molecular weight excluding hydrogens is 438 g/mol. The fraction of sp³-hybridized carbons (Fsp3) is 0.214. The number of para-hydroxylation sites is 2. The summed E-state index contributed by atoms with van der Waals surface area (Å²) in [6, 6.07) is 25.8. The molecule has 0 atom stereocenters. The molecule has 0 spiro atoms. The van der Waals surface area contributed by atoms with Crippen LogP contribution < -0.4 is 0 Å². The van der Waals surface area contributed by atoms with E-state index < -0.39 is 0 Å². The Morgan fingerprint density at radius 3 is 2.21 bits per heavy atom. The van der Waals surface area contributed by atoms with E-state index in [9.17, 15) is 0 Å². The van der Waals surface area contributed by atoms with E-state index in [1.54, 1.807) is 11.3 Å². The number of imidazole rings is 1. The maximum absolute atomic E-state index is 4.74. The van der Waals surface area contributed by atoms with Crippen molar-refractivity contribution in [2.45, 2.75) is 13.1 Å². The summed E-state index contributed by atoms with van der Waals surface area (Å²) < 4.78 is 0. The summed E-state index contributed by atoms with van der Waals surface area (Å²) in [6.45, 7) is 6.42. The van der Waals surface area contributed by atoms with Crippen molar-refractivity contribution in [3.63, 3.8) is 0 Å². The number of nitrogens with one attached hydrogen (secondary N) is 1. The van der Waals surface area contributed by atoms with Crippen molar-refractivity contribution in [2.24, 2.45) is 0 Å². The number of aromatic amines is 1. The lowest BCUT2D eigenvalue weighted by molar-refractivity contribution is 0.122. The van der Waals surface area contributed by atoms with Gasteiger partial charge in [0.15, 0.2) is 0 Å². The first-order valence-electron chi connectivity index (χ1n) is 11.8. The van der Waals surface area contributed by atoms with Crippen LogP contribution in [-0.4, -0.2) is 50.9 Å². The van der Waals surface area contributed by atoms with Crippen LogP contribution in [0.25, 0.3) is 32.2 Å². The number of H-pyrrole nitrogens is 1. The van der Waals surface area contributed by atoms with Crippen molar-refractivity contribution in [2.75, 3.05) is 26.2 Å². The highest BCUT2D eigenvalue weighted by Gasteiger charge is 2.17. The molecule has 0 aliphatic carbocycles. The molecule has 4 heterocycles. The van der Waals surface area contributed by atoms with Crippen molar-refractivity contribution in [3.05, 3.63) is 96.3 Å². The lowest BCUT2D eigenvalue weighted by Crippen LogP contribution is -2.45. The van der Waals surface area contributed by atoms with Gasteiger partial charge in [0.25, 0.3) is 0 Å². The van der Waals surface area contributed by atoms with E-state index in [-0.39, 0.29) is 0 Å². The smallest absolute Gasteiger partial charge is 0.148 e. The molecule has 1 aliphatic heterocycles. The Labute approximate surface area is 203 Å². The molecule has 1 fully saturated rings. The molecule has 1 aliphatic rings. The average Bonchev–Trinajstić information content (AvgIpc) is 3.54. The SMILES string of the molecule is c1cncc(CN2CCN(Cc3ccc(-c4ccc(-c5nc6ccccc6[nH]5)s4)cc3)CC2)c1. The van der Waals surface area contributed by atoms with Crippen LogP contribution >= 0.6 is 11.3 Å². The number of piperazine rings is 1. The topological polar surface area (TPSA) is 48.1 Å². The highest BCUT2D eigenvalue weighted by molar-refractivity contribution is 7.18. The van der Waals surface area contributed by atoms with E-state index in [0.29, 0.717) is 0 Å². The van der Waals surface area contributed by atoms with Crippen LogP contribution in [0.5, 0.6) is 0 Å². The Kier molecular flexibility index (Phi) is 5.93. The van der Waals surface area contributed by atoms with Crippen LogP contribution in [0.15, 0.2) is 85.2 Å². The second kappa shape index (κ2) is 9.50. The Morgan fingerprint density at radius 1 is 0.735 bits per heavy atom. The van der Waals surface area contributed by atoms with Gasteiger partial charge in [0.1, 0.15) is 5.82 Å². The third-order valence-electron chi connectivity index (χ3n) is 6.47. The molecule has 34 heavy (non-hydrogen) atoms. The van der Waals surface area contributed by atoms with E-state index in [1.807, 2.05) is 36.7 Å². The second-order valence-electron chi connectivity index (χ2n) is 8.88. The van der Waals surface area contributed by atoms with Crippen molar-refractivity contribution in [1.82, 2.24) is 24.8 Å². The first-order valence-corrected chi connectivity index (χ1v) is 12.6. The fourth-order valence-electron chi connectivity index (χ4n) is 4.58. The Bertz CT molecular complexity index is 1330. The largest absolute Gasteiger partial charge is 0.337 e. The Hall–Kier alpha value is -3.32. The lowest BCUT2D eigenvalue weighted by atomic mass is 10.1. The van der Waals surface area contributed by atoms with Gasteiger partial charge in [0.2, 0.25) is 0 Å². The fourth-order valence-corrected chi connectivity index (χ4v) is 5.53. The maximum Gasteiger partial charge on any atom is 0.148 e. The van der Waals surface area contributed by atoms with Crippen LogP contribution in [0.2, 0.25) is 0 Å². The minimum atomic E-state index is 0.941. The summed E-state index contributed by atoms with van der Waals surface area (Å²) in [5, 5.41) is 0. The normalized spacial score (nSPS) is 15.2. The minimum Gasteiger partial charge on any atom is -0.337 e. The number of nitrogens with zero attached hydrogens (tertiary/aromatic N) is 4. The minimum absolute atomic E-state index is 0.941. The van der Waals surface area contributed by atoms with Crippen LogP contribution in [0.4, 0.5) is 0 Å². The molecule has 0 unspecified atom stereocenters. The van der Waals surface area contributed by atoms with Crippen molar-refractivity contribution in [1.29, 1.82) is 0 Å². The first-order chi connectivity index (χ1) is 16.8. The summed E-state index contributed by atoms with van der Waals surface area (Å²) >= 11 is 1.78. The average molecular weight is 466 g/mol. The number of fused-ring (bicyclic) bond motifs is 1. The van der Waals surface area contributed by atoms with Gasteiger partial charge in [0.05, 0.1) is 15.9 Å². The van der Waals surface area contributed by atoms with Crippen LogP contribution in [0, 0.1) is 0 Å². The molecular formula is C28H27N5S. The number of hydrogen-bond acceptors (Lipinski definition) is 5. The Balaban J connectivity index is 1.06. The summed E-state index contributed by atoms with van der Waals surface area (Å²) in [5.41, 5.74) is 6.02. The zero-order chi connectivity index (χ0) is 22.7. The van der Waals surface area contributed by atoms with Gasteiger partial charge in [-0.1, -0.05) is 42.5 Å². The second-order valence-corrected chi connectivity index (χ2v) is 9.96. The summed E-state index contributed by atoms with van der Waals surface area (Å²) in [5.74, 6) is 0.941. The first kappa shape index (κ1) is 21.2. The van der Waals surface area contributed by atoms with Gasteiger partial charge in [0, 0.05) is 56.5 Å². The highest BCUT2D eigenvalue weighted by Crippen LogP contribution is 2.34. The molecule has 6 rings (SSSR count). The third kappa shape index (κ3) is 4.66. The monoisotopic (exact) mass is 465 g/mol. The van der Waals surface area contributed by atoms with Crippen LogP contribution in [0.1, 0.15) is 11.1 Å². The predicted octanol–water partition coefficient (Wildman–Crippen LogP) is 5.67. The quantitative estimate of drug-likeness (QED) is 0.351. The van der Waals surface area contributed by atoms with E-state index in [2.05, 4.69) is 68.3 Å². The van der Waals surface area contributed by atoms with E-state index >= 15 is 0 Å².